The van der Waals surface area contributed by atoms with Gasteiger partial charge >= 0.3 is 5.97 Å². The normalized spacial score (nSPS) is 10.9. The summed E-state index contributed by atoms with van der Waals surface area (Å²) in [5, 5.41) is 4.64. The van der Waals surface area contributed by atoms with Gasteiger partial charge in [-0.3, -0.25) is 9.59 Å². The SMILES string of the molecule is CCOC(=O)c1c(NC(=O)CSc2ncnc3sc(C)c(C)c23)sc(C(N)=O)c1C. The second-order valence-corrected chi connectivity index (χ2v) is 9.51. The van der Waals surface area contributed by atoms with Crippen LogP contribution in [0.2, 0.25) is 0 Å². The van der Waals surface area contributed by atoms with Gasteiger partial charge in [-0.1, -0.05) is 11.8 Å². The van der Waals surface area contributed by atoms with Gasteiger partial charge in [0.25, 0.3) is 5.91 Å². The number of hydrogen-bond donors (Lipinski definition) is 2. The van der Waals surface area contributed by atoms with Crippen LogP contribution in [0.1, 0.15) is 43.0 Å². The number of nitrogens with one attached hydrogen (secondary N) is 1. The van der Waals surface area contributed by atoms with E-state index < -0.39 is 11.9 Å². The number of aromatic nitrogens is 2. The standard InChI is InChI=1S/C19H20N4O4S3/c1-5-27-19(26)13-9(3)14(15(20)25)30-18(13)23-11(24)6-28-16-12-8(2)10(4)29-17(12)22-7-21-16/h7H,5-6H2,1-4H3,(H2,20,25)(H,23,24). The van der Waals surface area contributed by atoms with Gasteiger partial charge in [-0.05, 0) is 38.8 Å². The van der Waals surface area contributed by atoms with Crippen LogP contribution in [0.4, 0.5) is 5.00 Å². The zero-order valence-electron chi connectivity index (χ0n) is 16.8. The number of esters is 1. The van der Waals surface area contributed by atoms with Crippen LogP contribution in [0.5, 0.6) is 0 Å². The third-order valence-electron chi connectivity index (χ3n) is 4.37. The fourth-order valence-corrected chi connectivity index (χ4v) is 5.82. The molecule has 3 aromatic rings. The van der Waals surface area contributed by atoms with E-state index >= 15 is 0 Å². The molecule has 0 saturated heterocycles. The van der Waals surface area contributed by atoms with Gasteiger partial charge in [0.2, 0.25) is 5.91 Å². The predicted molar refractivity (Wildman–Crippen MR) is 120 cm³/mol. The van der Waals surface area contributed by atoms with E-state index in [0.717, 1.165) is 37.0 Å². The van der Waals surface area contributed by atoms with Crippen molar-refractivity contribution in [2.75, 3.05) is 17.7 Å². The Hall–Kier alpha value is -2.50. The number of ether oxygens (including phenoxy) is 1. The number of anilines is 1. The first-order valence-electron chi connectivity index (χ1n) is 8.98. The van der Waals surface area contributed by atoms with Crippen molar-refractivity contribution in [1.82, 2.24) is 9.97 Å². The Balaban J connectivity index is 1.81. The first kappa shape index (κ1) is 22.2. The van der Waals surface area contributed by atoms with Crippen LogP contribution in [-0.2, 0) is 9.53 Å². The minimum absolute atomic E-state index is 0.0750. The van der Waals surface area contributed by atoms with E-state index in [1.807, 2.05) is 13.8 Å². The fourth-order valence-electron chi connectivity index (χ4n) is 2.84. The largest absolute Gasteiger partial charge is 0.462 e. The van der Waals surface area contributed by atoms with Crippen molar-refractivity contribution in [2.45, 2.75) is 32.7 Å². The quantitative estimate of drug-likeness (QED) is 0.310. The van der Waals surface area contributed by atoms with Crippen molar-refractivity contribution in [2.24, 2.45) is 5.73 Å². The number of thioether (sulfide) groups is 1. The summed E-state index contributed by atoms with van der Waals surface area (Å²) in [5.41, 5.74) is 7.05. The number of fused-ring (bicyclic) bond motifs is 1. The van der Waals surface area contributed by atoms with Crippen molar-refractivity contribution < 1.29 is 19.1 Å². The van der Waals surface area contributed by atoms with E-state index in [4.69, 9.17) is 10.5 Å². The lowest BCUT2D eigenvalue weighted by molar-refractivity contribution is -0.113. The van der Waals surface area contributed by atoms with E-state index in [-0.39, 0.29) is 33.7 Å². The molecule has 0 aliphatic heterocycles. The third kappa shape index (κ3) is 4.32. The second-order valence-electron chi connectivity index (χ2n) is 6.32. The molecule has 158 valence electrons. The summed E-state index contributed by atoms with van der Waals surface area (Å²) in [6, 6.07) is 0. The zero-order chi connectivity index (χ0) is 22.0. The van der Waals surface area contributed by atoms with Gasteiger partial charge in [0.15, 0.2) is 0 Å². The Morgan fingerprint density at radius 3 is 2.57 bits per heavy atom. The maximum atomic E-state index is 12.6. The van der Waals surface area contributed by atoms with Crippen molar-refractivity contribution in [3.8, 4) is 0 Å². The molecule has 3 rings (SSSR count). The van der Waals surface area contributed by atoms with Gasteiger partial charge in [0.05, 0.1) is 22.8 Å². The van der Waals surface area contributed by atoms with Gasteiger partial charge in [-0.25, -0.2) is 14.8 Å². The lowest BCUT2D eigenvalue weighted by Crippen LogP contribution is -2.16. The average Bonchev–Trinajstić information content (AvgIpc) is 3.17. The monoisotopic (exact) mass is 464 g/mol. The maximum Gasteiger partial charge on any atom is 0.341 e. The summed E-state index contributed by atoms with van der Waals surface area (Å²) >= 11 is 3.84. The topological polar surface area (TPSA) is 124 Å². The maximum absolute atomic E-state index is 12.6. The lowest BCUT2D eigenvalue weighted by Gasteiger charge is -2.07. The summed E-state index contributed by atoms with van der Waals surface area (Å²) < 4.78 is 5.06. The van der Waals surface area contributed by atoms with Crippen molar-refractivity contribution >= 4 is 67.4 Å². The van der Waals surface area contributed by atoms with Crippen LogP contribution in [0.3, 0.4) is 0 Å². The number of aryl methyl sites for hydroxylation is 2. The number of carbonyl (C=O) groups is 3. The molecule has 0 radical (unpaired) electrons. The van der Waals surface area contributed by atoms with Crippen LogP contribution < -0.4 is 11.1 Å². The van der Waals surface area contributed by atoms with E-state index in [2.05, 4.69) is 15.3 Å². The number of nitrogens with zero attached hydrogens (tertiary/aromatic N) is 2. The predicted octanol–water partition coefficient (Wildman–Crippen LogP) is 3.68. The molecular formula is C19H20N4O4S3. The lowest BCUT2D eigenvalue weighted by atomic mass is 10.1. The highest BCUT2D eigenvalue weighted by atomic mass is 32.2. The number of amides is 2. The number of rotatable bonds is 7. The molecule has 0 aromatic carbocycles. The molecule has 0 aliphatic rings. The van der Waals surface area contributed by atoms with E-state index in [1.165, 1.54) is 18.1 Å². The Morgan fingerprint density at radius 2 is 1.90 bits per heavy atom. The molecule has 0 bridgehead atoms. The second kappa shape index (κ2) is 9.11. The highest BCUT2D eigenvalue weighted by Crippen LogP contribution is 2.36. The molecule has 0 aliphatic carbocycles. The zero-order valence-corrected chi connectivity index (χ0v) is 19.3. The van der Waals surface area contributed by atoms with Gasteiger partial charge in [-0.15, -0.1) is 22.7 Å². The third-order valence-corrected chi connectivity index (χ3v) is 7.70. The minimum Gasteiger partial charge on any atom is -0.462 e. The summed E-state index contributed by atoms with van der Waals surface area (Å²) in [5.74, 6) is -1.53. The van der Waals surface area contributed by atoms with Gasteiger partial charge in [0.1, 0.15) is 21.2 Å². The van der Waals surface area contributed by atoms with Crippen LogP contribution >= 0.6 is 34.4 Å². The fraction of sp³-hybridized carbons (Fsp3) is 0.316. The first-order valence-corrected chi connectivity index (χ1v) is 11.6. The summed E-state index contributed by atoms with van der Waals surface area (Å²) in [6.45, 7) is 7.49. The molecule has 0 fully saturated rings. The van der Waals surface area contributed by atoms with Gasteiger partial charge in [0, 0.05) is 10.3 Å². The molecule has 3 N–H and O–H groups in total. The van der Waals surface area contributed by atoms with Gasteiger partial charge in [-0.2, -0.15) is 0 Å². The average molecular weight is 465 g/mol. The summed E-state index contributed by atoms with van der Waals surface area (Å²) in [6.07, 6.45) is 1.48. The molecule has 3 heterocycles. The number of carbonyl (C=O) groups excluding carboxylic acids is 3. The van der Waals surface area contributed by atoms with Crippen molar-refractivity contribution in [1.29, 1.82) is 0 Å². The van der Waals surface area contributed by atoms with Crippen LogP contribution in [0.15, 0.2) is 11.4 Å². The number of primary amides is 1. The molecule has 8 nitrogen and oxygen atoms in total. The smallest absolute Gasteiger partial charge is 0.341 e. The first-order chi connectivity index (χ1) is 14.2. The molecule has 3 aromatic heterocycles. The summed E-state index contributed by atoms with van der Waals surface area (Å²) in [7, 11) is 0. The molecule has 30 heavy (non-hydrogen) atoms. The Bertz CT molecular complexity index is 1150. The molecule has 0 unspecified atom stereocenters. The van der Waals surface area contributed by atoms with Crippen LogP contribution in [0, 0.1) is 20.8 Å². The van der Waals surface area contributed by atoms with E-state index in [9.17, 15) is 14.4 Å². The molecule has 0 spiro atoms. The van der Waals surface area contributed by atoms with Crippen molar-refractivity contribution in [3.63, 3.8) is 0 Å². The number of hydrogen-bond acceptors (Lipinski definition) is 9. The molecule has 0 atom stereocenters. The summed E-state index contributed by atoms with van der Waals surface area (Å²) in [4.78, 5) is 47.5. The van der Waals surface area contributed by atoms with Crippen molar-refractivity contribution in [3.05, 3.63) is 32.8 Å². The van der Waals surface area contributed by atoms with E-state index in [1.54, 1.807) is 25.2 Å². The molecule has 2 amide bonds. The Morgan fingerprint density at radius 1 is 1.17 bits per heavy atom. The van der Waals surface area contributed by atoms with Crippen LogP contribution in [0.25, 0.3) is 10.2 Å². The van der Waals surface area contributed by atoms with Gasteiger partial charge < -0.3 is 15.8 Å². The number of thiophene rings is 2. The number of nitrogens with two attached hydrogens (primary N) is 1. The molecule has 11 heteroatoms. The molecular weight excluding hydrogens is 444 g/mol. The minimum atomic E-state index is -0.662. The highest BCUT2D eigenvalue weighted by molar-refractivity contribution is 8.00. The Labute approximate surface area is 185 Å². The highest BCUT2D eigenvalue weighted by Gasteiger charge is 2.25. The Kier molecular flexibility index (Phi) is 6.74. The molecule has 0 saturated carbocycles. The van der Waals surface area contributed by atoms with Crippen LogP contribution in [-0.4, -0.2) is 40.1 Å². The van der Waals surface area contributed by atoms with E-state index in [0.29, 0.717) is 5.56 Å².